The van der Waals surface area contributed by atoms with Gasteiger partial charge >= 0.3 is 0 Å². The number of aromatic nitrogens is 1. The van der Waals surface area contributed by atoms with E-state index in [1.807, 2.05) is 0 Å². The fourth-order valence-electron chi connectivity index (χ4n) is 2.34. The van der Waals surface area contributed by atoms with Crippen LogP contribution in [-0.2, 0) is 17.1 Å². The fraction of sp³-hybridized carbons (Fsp3) is 0.583. The summed E-state index contributed by atoms with van der Waals surface area (Å²) in [6.07, 6.45) is 3.46. The van der Waals surface area contributed by atoms with Crippen molar-refractivity contribution in [3.8, 4) is 0 Å². The molecule has 4 N–H and O–H groups in total. The third-order valence-electron chi connectivity index (χ3n) is 3.50. The van der Waals surface area contributed by atoms with Crippen LogP contribution in [0.1, 0.15) is 23.3 Å². The smallest absolute Gasteiger partial charge is 0.265 e. The van der Waals surface area contributed by atoms with Crippen LogP contribution in [0.15, 0.2) is 17.2 Å². The number of amides is 1. The van der Waals surface area contributed by atoms with E-state index in [2.05, 4.69) is 10.0 Å². The van der Waals surface area contributed by atoms with Gasteiger partial charge in [0, 0.05) is 19.8 Å². The Balaban J connectivity index is 2.06. The van der Waals surface area contributed by atoms with Gasteiger partial charge in [0.05, 0.1) is 0 Å². The van der Waals surface area contributed by atoms with Crippen molar-refractivity contribution in [1.29, 1.82) is 0 Å². The standard InChI is InChI=1S/C12H20N4O3S/c1-16-8-10(5-11(16)12(13)17)20(18,19)15-7-9-3-2-4-14-6-9/h5,8-9,14-15H,2-4,6-7H2,1H3,(H2,13,17). The molecule has 1 aliphatic rings. The fourth-order valence-corrected chi connectivity index (χ4v) is 3.52. The number of aryl methyl sites for hydroxylation is 1. The Labute approximate surface area is 118 Å². The molecule has 1 atom stereocenters. The number of primary amides is 1. The molecule has 0 aromatic carbocycles. The second-order valence-electron chi connectivity index (χ2n) is 5.10. The molecule has 20 heavy (non-hydrogen) atoms. The van der Waals surface area contributed by atoms with Crippen molar-refractivity contribution in [1.82, 2.24) is 14.6 Å². The van der Waals surface area contributed by atoms with E-state index >= 15 is 0 Å². The van der Waals surface area contributed by atoms with Gasteiger partial charge < -0.3 is 15.6 Å². The number of carbonyl (C=O) groups excluding carboxylic acids is 1. The number of carbonyl (C=O) groups is 1. The molecule has 8 heteroatoms. The molecule has 0 saturated carbocycles. The molecule has 0 aliphatic carbocycles. The quantitative estimate of drug-likeness (QED) is 0.675. The van der Waals surface area contributed by atoms with Gasteiger partial charge in [0.1, 0.15) is 10.6 Å². The molecule has 2 heterocycles. The first-order chi connectivity index (χ1) is 9.40. The Kier molecular flexibility index (Phi) is 4.46. The zero-order chi connectivity index (χ0) is 14.8. The van der Waals surface area contributed by atoms with Crippen molar-refractivity contribution < 1.29 is 13.2 Å². The minimum absolute atomic E-state index is 0.0672. The summed E-state index contributed by atoms with van der Waals surface area (Å²) in [5.74, 6) is -0.344. The largest absolute Gasteiger partial charge is 0.364 e. The topological polar surface area (TPSA) is 106 Å². The SMILES string of the molecule is Cn1cc(S(=O)(=O)NCC2CCCNC2)cc1C(N)=O. The number of hydrogen-bond acceptors (Lipinski definition) is 4. The van der Waals surface area contributed by atoms with Gasteiger partial charge in [-0.15, -0.1) is 0 Å². The molecule has 1 aromatic rings. The van der Waals surface area contributed by atoms with Crippen LogP contribution in [-0.4, -0.2) is 38.5 Å². The molecule has 0 spiro atoms. The van der Waals surface area contributed by atoms with Crippen molar-refractivity contribution in [2.24, 2.45) is 18.7 Å². The highest BCUT2D eigenvalue weighted by atomic mass is 32.2. The summed E-state index contributed by atoms with van der Waals surface area (Å²) in [7, 11) is -2.01. The molecule has 0 bridgehead atoms. The molecule has 1 saturated heterocycles. The third kappa shape index (κ3) is 3.38. The van der Waals surface area contributed by atoms with E-state index in [1.54, 1.807) is 7.05 Å². The average molecular weight is 300 g/mol. The zero-order valence-corrected chi connectivity index (χ0v) is 12.2. The summed E-state index contributed by atoms with van der Waals surface area (Å²) in [6, 6.07) is 1.30. The predicted octanol–water partition coefficient (Wildman–Crippen LogP) is -0.598. The highest BCUT2D eigenvalue weighted by Crippen LogP contribution is 2.14. The molecule has 1 aliphatic heterocycles. The van der Waals surface area contributed by atoms with Crippen LogP contribution >= 0.6 is 0 Å². The lowest BCUT2D eigenvalue weighted by Gasteiger charge is -2.22. The minimum atomic E-state index is -3.60. The molecule has 0 radical (unpaired) electrons. The molecule has 2 rings (SSSR count). The normalized spacial score (nSPS) is 19.9. The monoisotopic (exact) mass is 300 g/mol. The predicted molar refractivity (Wildman–Crippen MR) is 74.7 cm³/mol. The Morgan fingerprint density at radius 2 is 2.35 bits per heavy atom. The average Bonchev–Trinajstić information content (AvgIpc) is 2.81. The molecular formula is C12H20N4O3S. The van der Waals surface area contributed by atoms with Crippen molar-refractivity contribution in [2.45, 2.75) is 17.7 Å². The van der Waals surface area contributed by atoms with Gasteiger partial charge in [0.15, 0.2) is 0 Å². The van der Waals surface area contributed by atoms with Crippen LogP contribution < -0.4 is 15.8 Å². The van der Waals surface area contributed by atoms with Gasteiger partial charge in [-0.25, -0.2) is 13.1 Å². The van der Waals surface area contributed by atoms with Crippen LogP contribution in [0.4, 0.5) is 0 Å². The number of nitrogens with one attached hydrogen (secondary N) is 2. The first kappa shape index (κ1) is 15.0. The Bertz CT molecular complexity index is 588. The Morgan fingerprint density at radius 3 is 2.90 bits per heavy atom. The highest BCUT2D eigenvalue weighted by Gasteiger charge is 2.21. The maximum absolute atomic E-state index is 12.2. The van der Waals surface area contributed by atoms with E-state index in [4.69, 9.17) is 5.73 Å². The number of piperidine rings is 1. The van der Waals surface area contributed by atoms with Gasteiger partial charge in [0.25, 0.3) is 5.91 Å². The summed E-state index contributed by atoms with van der Waals surface area (Å²) in [4.78, 5) is 11.2. The number of nitrogens with zero attached hydrogens (tertiary/aromatic N) is 1. The van der Waals surface area contributed by atoms with Crippen molar-refractivity contribution in [2.75, 3.05) is 19.6 Å². The van der Waals surface area contributed by atoms with Crippen LogP contribution in [0.25, 0.3) is 0 Å². The molecule has 1 fully saturated rings. The lowest BCUT2D eigenvalue weighted by molar-refractivity contribution is 0.0992. The number of rotatable bonds is 5. The van der Waals surface area contributed by atoms with Crippen LogP contribution in [0.5, 0.6) is 0 Å². The number of nitrogens with two attached hydrogens (primary N) is 1. The van der Waals surface area contributed by atoms with E-state index in [0.717, 1.165) is 25.9 Å². The zero-order valence-electron chi connectivity index (χ0n) is 11.4. The second kappa shape index (κ2) is 5.94. The van der Waals surface area contributed by atoms with Gasteiger partial charge in [0.2, 0.25) is 10.0 Å². The van der Waals surface area contributed by atoms with Crippen LogP contribution in [0, 0.1) is 5.92 Å². The van der Waals surface area contributed by atoms with E-state index in [0.29, 0.717) is 12.5 Å². The van der Waals surface area contributed by atoms with E-state index in [-0.39, 0.29) is 10.6 Å². The molecule has 7 nitrogen and oxygen atoms in total. The lowest BCUT2D eigenvalue weighted by atomic mass is 10.0. The van der Waals surface area contributed by atoms with Crippen molar-refractivity contribution >= 4 is 15.9 Å². The summed E-state index contributed by atoms with van der Waals surface area (Å²) in [6.45, 7) is 2.21. The van der Waals surface area contributed by atoms with Gasteiger partial charge in [-0.2, -0.15) is 0 Å². The highest BCUT2D eigenvalue weighted by molar-refractivity contribution is 7.89. The third-order valence-corrected chi connectivity index (χ3v) is 4.89. The maximum atomic E-state index is 12.2. The van der Waals surface area contributed by atoms with Crippen LogP contribution in [0.3, 0.4) is 0 Å². The van der Waals surface area contributed by atoms with Gasteiger partial charge in [-0.05, 0) is 37.9 Å². The maximum Gasteiger partial charge on any atom is 0.265 e. The van der Waals surface area contributed by atoms with Crippen molar-refractivity contribution in [3.63, 3.8) is 0 Å². The molecule has 1 aromatic heterocycles. The molecule has 1 unspecified atom stereocenters. The minimum Gasteiger partial charge on any atom is -0.364 e. The first-order valence-electron chi connectivity index (χ1n) is 6.56. The summed E-state index contributed by atoms with van der Waals surface area (Å²) in [5.41, 5.74) is 5.35. The van der Waals surface area contributed by atoms with Crippen LogP contribution in [0.2, 0.25) is 0 Å². The Morgan fingerprint density at radius 1 is 1.60 bits per heavy atom. The molecule has 1 amide bonds. The van der Waals surface area contributed by atoms with Crippen molar-refractivity contribution in [3.05, 3.63) is 18.0 Å². The summed E-state index contributed by atoms with van der Waals surface area (Å²) < 4.78 is 28.3. The van der Waals surface area contributed by atoms with Gasteiger partial charge in [-0.1, -0.05) is 0 Å². The van der Waals surface area contributed by atoms with E-state index in [9.17, 15) is 13.2 Å². The number of sulfonamides is 1. The second-order valence-corrected chi connectivity index (χ2v) is 6.87. The number of hydrogen-bond donors (Lipinski definition) is 3. The summed E-state index contributed by atoms with van der Waals surface area (Å²) >= 11 is 0. The molecule has 112 valence electrons. The Hall–Kier alpha value is -1.38. The van der Waals surface area contributed by atoms with E-state index < -0.39 is 15.9 Å². The first-order valence-corrected chi connectivity index (χ1v) is 8.05. The lowest BCUT2D eigenvalue weighted by Crippen LogP contribution is -2.38. The molecular weight excluding hydrogens is 280 g/mol. The van der Waals surface area contributed by atoms with E-state index in [1.165, 1.54) is 16.8 Å². The summed E-state index contributed by atoms with van der Waals surface area (Å²) in [5, 5.41) is 3.24. The van der Waals surface area contributed by atoms with Gasteiger partial charge in [-0.3, -0.25) is 4.79 Å².